The first-order chi connectivity index (χ1) is 10.2. The quantitative estimate of drug-likeness (QED) is 0.618. The van der Waals surface area contributed by atoms with Gasteiger partial charge in [0.1, 0.15) is 12.6 Å². The number of ether oxygens (including phenoxy) is 1. The Labute approximate surface area is 128 Å². The van der Waals surface area contributed by atoms with Crippen molar-refractivity contribution in [1.82, 2.24) is 4.90 Å². The fourth-order valence-electron chi connectivity index (χ4n) is 3.10. The van der Waals surface area contributed by atoms with E-state index in [-0.39, 0.29) is 29.8 Å². The maximum Gasteiger partial charge on any atom is 0.330 e. The standard InChI is InChI=1S/C16H19NO3S/c1-2-21-13-8-12-9-14(18)17(12)15(13)16(19)20-10-11-6-4-3-5-7-11/h3-7,12-13,15H,2,8-10H2,1H3/t12?,13?,15-/m1/s1. The van der Waals surface area contributed by atoms with Crippen LogP contribution in [-0.4, -0.2) is 39.9 Å². The molecule has 2 fully saturated rings. The van der Waals surface area contributed by atoms with Crippen LogP contribution < -0.4 is 0 Å². The van der Waals surface area contributed by atoms with Crippen LogP contribution in [-0.2, 0) is 20.9 Å². The minimum absolute atomic E-state index is 0.0841. The van der Waals surface area contributed by atoms with Crippen LogP contribution in [0.5, 0.6) is 0 Å². The third kappa shape index (κ3) is 2.79. The lowest BCUT2D eigenvalue weighted by atomic mass is 10.0. The SMILES string of the molecule is CCSC1CC2CC(=O)N2[C@H]1C(=O)OCc1ccccc1. The van der Waals surface area contributed by atoms with Crippen LogP contribution in [0, 0.1) is 0 Å². The van der Waals surface area contributed by atoms with Crippen LogP contribution in [0.4, 0.5) is 0 Å². The maximum atomic E-state index is 12.4. The Morgan fingerprint density at radius 3 is 2.81 bits per heavy atom. The summed E-state index contributed by atoms with van der Waals surface area (Å²) in [6.07, 6.45) is 1.50. The smallest absolute Gasteiger partial charge is 0.330 e. The molecule has 3 rings (SSSR count). The number of benzene rings is 1. The topological polar surface area (TPSA) is 46.6 Å². The highest BCUT2D eigenvalue weighted by Gasteiger charge is 2.54. The maximum absolute atomic E-state index is 12.4. The zero-order chi connectivity index (χ0) is 14.8. The van der Waals surface area contributed by atoms with E-state index in [4.69, 9.17) is 4.74 Å². The second-order valence-corrected chi connectivity index (χ2v) is 6.94. The molecule has 1 aromatic carbocycles. The van der Waals surface area contributed by atoms with Crippen molar-refractivity contribution in [1.29, 1.82) is 0 Å². The van der Waals surface area contributed by atoms with Gasteiger partial charge < -0.3 is 9.64 Å². The van der Waals surface area contributed by atoms with Crippen LogP contribution in [0.25, 0.3) is 0 Å². The molecule has 2 heterocycles. The van der Waals surface area contributed by atoms with E-state index in [2.05, 4.69) is 6.92 Å². The number of carbonyl (C=O) groups is 2. The Morgan fingerprint density at radius 1 is 1.38 bits per heavy atom. The van der Waals surface area contributed by atoms with Gasteiger partial charge in [-0.1, -0.05) is 37.3 Å². The van der Waals surface area contributed by atoms with Gasteiger partial charge in [-0.25, -0.2) is 4.79 Å². The van der Waals surface area contributed by atoms with Gasteiger partial charge in [0.05, 0.1) is 0 Å². The average molecular weight is 305 g/mol. The zero-order valence-electron chi connectivity index (χ0n) is 12.0. The van der Waals surface area contributed by atoms with Gasteiger partial charge in [-0.2, -0.15) is 11.8 Å². The highest BCUT2D eigenvalue weighted by atomic mass is 32.2. The molecule has 0 aliphatic carbocycles. The van der Waals surface area contributed by atoms with Gasteiger partial charge in [0.2, 0.25) is 5.91 Å². The number of amides is 1. The molecule has 0 saturated carbocycles. The predicted molar refractivity (Wildman–Crippen MR) is 81.8 cm³/mol. The van der Waals surface area contributed by atoms with Crippen molar-refractivity contribution >= 4 is 23.6 Å². The van der Waals surface area contributed by atoms with Gasteiger partial charge in [-0.05, 0) is 17.7 Å². The molecule has 112 valence electrons. The molecule has 4 nitrogen and oxygen atoms in total. The van der Waals surface area contributed by atoms with Crippen LogP contribution >= 0.6 is 11.8 Å². The van der Waals surface area contributed by atoms with Crippen LogP contribution in [0.2, 0.25) is 0 Å². The second-order valence-electron chi connectivity index (χ2n) is 5.43. The minimum Gasteiger partial charge on any atom is -0.459 e. The average Bonchev–Trinajstić information content (AvgIpc) is 2.79. The van der Waals surface area contributed by atoms with Crippen molar-refractivity contribution in [2.75, 3.05) is 5.75 Å². The molecule has 2 aliphatic heterocycles. The highest BCUT2D eigenvalue weighted by molar-refractivity contribution is 7.99. The number of hydrogen-bond donors (Lipinski definition) is 0. The first kappa shape index (κ1) is 14.4. The molecule has 1 amide bonds. The summed E-state index contributed by atoms with van der Waals surface area (Å²) < 4.78 is 5.44. The normalized spacial score (nSPS) is 27.2. The number of rotatable bonds is 5. The highest BCUT2D eigenvalue weighted by Crippen LogP contribution is 2.41. The molecular weight excluding hydrogens is 286 g/mol. The molecule has 0 radical (unpaired) electrons. The van der Waals surface area contributed by atoms with E-state index in [0.717, 1.165) is 17.7 Å². The number of β-lactam (4-membered cyclic amide) rings is 1. The fraction of sp³-hybridized carbons (Fsp3) is 0.500. The second kappa shape index (κ2) is 6.10. The molecule has 5 heteroatoms. The summed E-state index contributed by atoms with van der Waals surface area (Å²) in [4.78, 5) is 25.9. The van der Waals surface area contributed by atoms with E-state index >= 15 is 0 Å². The number of thioether (sulfide) groups is 1. The van der Waals surface area contributed by atoms with E-state index in [1.165, 1.54) is 0 Å². The van der Waals surface area contributed by atoms with Crippen molar-refractivity contribution in [2.24, 2.45) is 0 Å². The number of carbonyl (C=O) groups excluding carboxylic acids is 2. The number of fused-ring (bicyclic) bond motifs is 1. The molecule has 21 heavy (non-hydrogen) atoms. The van der Waals surface area contributed by atoms with Crippen molar-refractivity contribution in [3.05, 3.63) is 35.9 Å². The molecule has 1 aromatic rings. The molecule has 2 aliphatic rings. The van der Waals surface area contributed by atoms with Gasteiger partial charge in [-0.15, -0.1) is 0 Å². The van der Waals surface area contributed by atoms with Crippen molar-refractivity contribution in [2.45, 2.75) is 43.7 Å². The summed E-state index contributed by atoms with van der Waals surface area (Å²) in [6, 6.07) is 9.47. The first-order valence-corrected chi connectivity index (χ1v) is 8.39. The lowest BCUT2D eigenvalue weighted by Crippen LogP contribution is -2.55. The number of esters is 1. The van der Waals surface area contributed by atoms with E-state index in [1.807, 2.05) is 30.3 Å². The lowest BCUT2D eigenvalue weighted by molar-refractivity contribution is -0.161. The van der Waals surface area contributed by atoms with Gasteiger partial charge in [0.25, 0.3) is 0 Å². The van der Waals surface area contributed by atoms with E-state index in [9.17, 15) is 9.59 Å². The molecule has 2 saturated heterocycles. The van der Waals surface area contributed by atoms with Crippen molar-refractivity contribution in [3.63, 3.8) is 0 Å². The molecule has 2 unspecified atom stereocenters. The molecular formula is C16H19NO3S. The van der Waals surface area contributed by atoms with Crippen LogP contribution in [0.1, 0.15) is 25.3 Å². The Bertz CT molecular complexity index is 534. The third-order valence-corrected chi connectivity index (χ3v) is 5.31. The zero-order valence-corrected chi connectivity index (χ0v) is 12.8. The van der Waals surface area contributed by atoms with Crippen LogP contribution in [0.15, 0.2) is 30.3 Å². The van der Waals surface area contributed by atoms with Gasteiger partial charge in [0.15, 0.2) is 0 Å². The van der Waals surface area contributed by atoms with Crippen molar-refractivity contribution < 1.29 is 14.3 Å². The Balaban J connectivity index is 1.65. The summed E-state index contributed by atoms with van der Waals surface area (Å²) in [5.74, 6) is 0.767. The summed E-state index contributed by atoms with van der Waals surface area (Å²) in [5.41, 5.74) is 0.968. The van der Waals surface area contributed by atoms with Gasteiger partial charge in [-0.3, -0.25) is 4.79 Å². The monoisotopic (exact) mass is 305 g/mol. The van der Waals surface area contributed by atoms with Crippen LogP contribution in [0.3, 0.4) is 0 Å². The molecule has 3 atom stereocenters. The summed E-state index contributed by atoms with van der Waals surface area (Å²) in [6.45, 7) is 2.35. The first-order valence-electron chi connectivity index (χ1n) is 7.34. The summed E-state index contributed by atoms with van der Waals surface area (Å²) >= 11 is 1.75. The number of nitrogens with zero attached hydrogens (tertiary/aromatic N) is 1. The van der Waals surface area contributed by atoms with Crippen molar-refractivity contribution in [3.8, 4) is 0 Å². The minimum atomic E-state index is -0.398. The fourth-order valence-corrected chi connectivity index (χ4v) is 4.32. The summed E-state index contributed by atoms with van der Waals surface area (Å²) in [5, 5.41) is 0.176. The Morgan fingerprint density at radius 2 is 2.14 bits per heavy atom. The molecule has 0 N–H and O–H groups in total. The molecule has 0 bridgehead atoms. The largest absolute Gasteiger partial charge is 0.459 e. The van der Waals surface area contributed by atoms with Gasteiger partial charge in [0, 0.05) is 17.7 Å². The van der Waals surface area contributed by atoms with E-state index in [0.29, 0.717) is 6.42 Å². The predicted octanol–water partition coefficient (Wildman–Crippen LogP) is 2.22. The molecule has 0 aromatic heterocycles. The Hall–Kier alpha value is -1.49. The van der Waals surface area contributed by atoms with E-state index in [1.54, 1.807) is 16.7 Å². The Kier molecular flexibility index (Phi) is 4.19. The number of hydrogen-bond acceptors (Lipinski definition) is 4. The lowest BCUT2D eigenvalue weighted by Gasteiger charge is -2.37. The summed E-state index contributed by atoms with van der Waals surface area (Å²) in [7, 11) is 0. The van der Waals surface area contributed by atoms with Gasteiger partial charge >= 0.3 is 5.97 Å². The third-order valence-electron chi connectivity index (χ3n) is 4.09. The molecule has 0 spiro atoms. The van der Waals surface area contributed by atoms with E-state index < -0.39 is 6.04 Å².